The van der Waals surface area contributed by atoms with E-state index >= 15 is 0 Å². The Labute approximate surface area is 150 Å². The number of aromatic nitrogens is 2. The molecule has 0 aliphatic carbocycles. The largest absolute Gasteiger partial charge is 0.439 e. The lowest BCUT2D eigenvalue weighted by Gasteiger charge is -2.11. The average molecular weight is 355 g/mol. The third-order valence-electron chi connectivity index (χ3n) is 3.50. The van der Waals surface area contributed by atoms with Crippen LogP contribution in [0.25, 0.3) is 0 Å². The quantitative estimate of drug-likeness (QED) is 0.493. The van der Waals surface area contributed by atoms with E-state index in [-0.39, 0.29) is 5.97 Å². The number of carbonyl (C=O) groups excluding carboxylic acids is 1. The monoisotopic (exact) mass is 354 g/mol. The van der Waals surface area contributed by atoms with E-state index in [0.29, 0.717) is 22.4 Å². The van der Waals surface area contributed by atoms with Crippen molar-refractivity contribution in [3.05, 3.63) is 77.7 Å². The van der Waals surface area contributed by atoms with E-state index in [2.05, 4.69) is 9.97 Å². The fraction of sp³-hybridized carbons (Fsp3) is 0.105. The van der Waals surface area contributed by atoms with Crippen molar-refractivity contribution >= 4 is 17.6 Å². The first-order chi connectivity index (χ1) is 12.1. The lowest BCUT2D eigenvalue weighted by atomic mass is 10.0. The summed E-state index contributed by atoms with van der Waals surface area (Å²) >= 11 is 5.78. The minimum Gasteiger partial charge on any atom is -0.439 e. The predicted octanol–water partition coefficient (Wildman–Crippen LogP) is 4.63. The summed E-state index contributed by atoms with van der Waals surface area (Å²) in [5, 5.41) is 0.539. The van der Waals surface area contributed by atoms with Gasteiger partial charge in [0.15, 0.2) is 0 Å². The molecular weight excluding hydrogens is 340 g/mol. The van der Waals surface area contributed by atoms with Gasteiger partial charge in [0, 0.05) is 24.7 Å². The Morgan fingerprint density at radius 3 is 2.44 bits per heavy atom. The molecule has 2 heterocycles. The Balaban J connectivity index is 1.62. The molecule has 0 aliphatic rings. The van der Waals surface area contributed by atoms with E-state index in [1.807, 2.05) is 6.07 Å². The highest BCUT2D eigenvalue weighted by atomic mass is 35.5. The second kappa shape index (κ2) is 7.77. The van der Waals surface area contributed by atoms with E-state index in [0.717, 1.165) is 5.56 Å². The van der Waals surface area contributed by atoms with Crippen LogP contribution >= 0.6 is 11.6 Å². The van der Waals surface area contributed by atoms with Gasteiger partial charge in [0.05, 0.1) is 10.9 Å². The van der Waals surface area contributed by atoms with Gasteiger partial charge in [-0.25, -0.2) is 4.98 Å². The van der Waals surface area contributed by atoms with Crippen molar-refractivity contribution in [1.29, 1.82) is 0 Å². The van der Waals surface area contributed by atoms with Crippen molar-refractivity contribution in [2.45, 2.75) is 12.8 Å². The maximum absolute atomic E-state index is 12.2. The zero-order valence-electron chi connectivity index (χ0n) is 13.4. The summed E-state index contributed by atoms with van der Waals surface area (Å²) < 4.78 is 11.0. The molecule has 1 atom stereocenters. The first-order valence-electron chi connectivity index (χ1n) is 7.63. The number of ether oxygens (including phenoxy) is 2. The average Bonchev–Trinajstić information content (AvgIpc) is 2.65. The fourth-order valence-electron chi connectivity index (χ4n) is 2.09. The van der Waals surface area contributed by atoms with E-state index < -0.39 is 5.92 Å². The number of hydrogen-bond donors (Lipinski definition) is 0. The van der Waals surface area contributed by atoms with E-state index in [1.54, 1.807) is 61.8 Å². The Morgan fingerprint density at radius 1 is 1.04 bits per heavy atom. The van der Waals surface area contributed by atoms with Crippen molar-refractivity contribution < 1.29 is 14.3 Å². The number of esters is 1. The standard InChI is InChI=1S/C19H15ClN2O3/c1-13(14-3-2-10-21-11-14)19(23)25-17-7-5-16(6-8-17)24-18-9-4-15(20)12-22-18/h2-13H,1H3. The van der Waals surface area contributed by atoms with Crippen LogP contribution in [-0.4, -0.2) is 15.9 Å². The van der Waals surface area contributed by atoms with Gasteiger partial charge in [-0.05, 0) is 48.9 Å². The topological polar surface area (TPSA) is 61.3 Å². The molecule has 0 bridgehead atoms. The Bertz CT molecular complexity index is 837. The molecule has 1 aromatic carbocycles. The molecular formula is C19H15ClN2O3. The zero-order chi connectivity index (χ0) is 17.6. The third kappa shape index (κ3) is 4.55. The van der Waals surface area contributed by atoms with E-state index in [4.69, 9.17) is 21.1 Å². The third-order valence-corrected chi connectivity index (χ3v) is 3.73. The lowest BCUT2D eigenvalue weighted by molar-refractivity contribution is -0.135. The van der Waals surface area contributed by atoms with Crippen LogP contribution in [0.15, 0.2) is 67.1 Å². The molecule has 0 fully saturated rings. The molecule has 2 aromatic heterocycles. The molecule has 0 saturated heterocycles. The second-order valence-corrected chi connectivity index (χ2v) is 5.75. The van der Waals surface area contributed by atoms with Gasteiger partial charge in [-0.15, -0.1) is 0 Å². The molecule has 3 aromatic rings. The van der Waals surface area contributed by atoms with Crippen LogP contribution in [0.3, 0.4) is 0 Å². The SMILES string of the molecule is CC(C(=O)Oc1ccc(Oc2ccc(Cl)cn2)cc1)c1cccnc1. The van der Waals surface area contributed by atoms with Crippen LogP contribution in [0.5, 0.6) is 17.4 Å². The number of hydrogen-bond acceptors (Lipinski definition) is 5. The Kier molecular flexibility index (Phi) is 5.26. The Morgan fingerprint density at radius 2 is 1.80 bits per heavy atom. The summed E-state index contributed by atoms with van der Waals surface area (Å²) in [6, 6.07) is 13.7. The molecule has 3 rings (SSSR count). The second-order valence-electron chi connectivity index (χ2n) is 5.32. The summed E-state index contributed by atoms with van der Waals surface area (Å²) in [4.78, 5) is 20.3. The van der Waals surface area contributed by atoms with Crippen LogP contribution < -0.4 is 9.47 Å². The molecule has 5 nitrogen and oxygen atoms in total. The summed E-state index contributed by atoms with van der Waals surface area (Å²) in [5.74, 6) is 0.704. The number of rotatable bonds is 5. The molecule has 0 N–H and O–H groups in total. The predicted molar refractivity (Wildman–Crippen MR) is 94.1 cm³/mol. The fourth-order valence-corrected chi connectivity index (χ4v) is 2.20. The van der Waals surface area contributed by atoms with Crippen LogP contribution in [0.4, 0.5) is 0 Å². The van der Waals surface area contributed by atoms with Gasteiger partial charge >= 0.3 is 5.97 Å². The smallest absolute Gasteiger partial charge is 0.318 e. The summed E-state index contributed by atoms with van der Waals surface area (Å²) in [7, 11) is 0. The number of pyridine rings is 2. The molecule has 0 amide bonds. The molecule has 25 heavy (non-hydrogen) atoms. The molecule has 0 spiro atoms. The summed E-state index contributed by atoms with van der Waals surface area (Å²) in [6.45, 7) is 1.78. The van der Waals surface area contributed by atoms with Gasteiger partial charge in [-0.1, -0.05) is 17.7 Å². The number of nitrogens with zero attached hydrogens (tertiary/aromatic N) is 2. The van der Waals surface area contributed by atoms with Crippen molar-refractivity contribution in [2.75, 3.05) is 0 Å². The Hall–Kier alpha value is -2.92. The van der Waals surface area contributed by atoms with Crippen molar-refractivity contribution in [3.63, 3.8) is 0 Å². The maximum Gasteiger partial charge on any atom is 0.318 e. The lowest BCUT2D eigenvalue weighted by Crippen LogP contribution is -2.16. The first-order valence-corrected chi connectivity index (χ1v) is 8.01. The molecule has 0 saturated carbocycles. The van der Waals surface area contributed by atoms with E-state index in [9.17, 15) is 4.79 Å². The normalized spacial score (nSPS) is 11.6. The summed E-state index contributed by atoms with van der Waals surface area (Å²) in [6.07, 6.45) is 4.82. The minimum absolute atomic E-state index is 0.346. The van der Waals surface area contributed by atoms with Crippen molar-refractivity contribution in [1.82, 2.24) is 9.97 Å². The van der Waals surface area contributed by atoms with Crippen LogP contribution in [-0.2, 0) is 4.79 Å². The minimum atomic E-state index is -0.400. The maximum atomic E-state index is 12.2. The molecule has 1 unspecified atom stereocenters. The van der Waals surface area contributed by atoms with Gasteiger partial charge < -0.3 is 9.47 Å². The van der Waals surface area contributed by atoms with Crippen molar-refractivity contribution in [2.24, 2.45) is 0 Å². The van der Waals surface area contributed by atoms with Gasteiger partial charge in [-0.3, -0.25) is 9.78 Å². The number of halogens is 1. The highest BCUT2D eigenvalue weighted by Crippen LogP contribution is 2.24. The summed E-state index contributed by atoms with van der Waals surface area (Å²) in [5.41, 5.74) is 0.807. The van der Waals surface area contributed by atoms with Gasteiger partial charge in [0.2, 0.25) is 5.88 Å². The van der Waals surface area contributed by atoms with Crippen LogP contribution in [0, 0.1) is 0 Å². The highest BCUT2D eigenvalue weighted by molar-refractivity contribution is 6.30. The van der Waals surface area contributed by atoms with Crippen molar-refractivity contribution in [3.8, 4) is 17.4 Å². The first kappa shape index (κ1) is 16.9. The zero-order valence-corrected chi connectivity index (χ0v) is 14.2. The van der Waals surface area contributed by atoms with Crippen LogP contribution in [0.2, 0.25) is 5.02 Å². The molecule has 0 radical (unpaired) electrons. The molecule has 126 valence electrons. The van der Waals surface area contributed by atoms with E-state index in [1.165, 1.54) is 6.20 Å². The highest BCUT2D eigenvalue weighted by Gasteiger charge is 2.17. The molecule has 6 heteroatoms. The van der Waals surface area contributed by atoms with Gasteiger partial charge in [0.25, 0.3) is 0 Å². The molecule has 0 aliphatic heterocycles. The van der Waals surface area contributed by atoms with Gasteiger partial charge in [-0.2, -0.15) is 0 Å². The number of benzene rings is 1. The van der Waals surface area contributed by atoms with Crippen LogP contribution in [0.1, 0.15) is 18.4 Å². The van der Waals surface area contributed by atoms with Gasteiger partial charge in [0.1, 0.15) is 11.5 Å². The number of carbonyl (C=O) groups is 1.